The van der Waals surface area contributed by atoms with Gasteiger partial charge >= 0.3 is 0 Å². The first kappa shape index (κ1) is 19.7. The SMILES string of the molecule is Cc1ccc(S(=O)(=O)N2CCc3nc(NC(=O)c4ccccn4)sc3C2)c(C)c1. The summed E-state index contributed by atoms with van der Waals surface area (Å²) in [5.74, 6) is -0.337. The highest BCUT2D eigenvalue weighted by Crippen LogP contribution is 2.32. The molecule has 0 aliphatic carbocycles. The number of amides is 1. The van der Waals surface area contributed by atoms with Gasteiger partial charge in [-0.3, -0.25) is 15.1 Å². The Morgan fingerprint density at radius 2 is 2.03 bits per heavy atom. The molecule has 0 radical (unpaired) electrons. The summed E-state index contributed by atoms with van der Waals surface area (Å²) in [6.45, 7) is 4.37. The van der Waals surface area contributed by atoms with Crippen molar-refractivity contribution in [1.29, 1.82) is 0 Å². The van der Waals surface area contributed by atoms with Gasteiger partial charge in [0.25, 0.3) is 5.91 Å². The zero-order valence-corrected chi connectivity index (χ0v) is 17.7. The lowest BCUT2D eigenvalue weighted by Crippen LogP contribution is -2.35. The van der Waals surface area contributed by atoms with Gasteiger partial charge in [0.05, 0.1) is 17.1 Å². The Labute approximate surface area is 173 Å². The minimum Gasteiger partial charge on any atom is -0.296 e. The summed E-state index contributed by atoms with van der Waals surface area (Å²) in [6, 6.07) is 10.5. The van der Waals surface area contributed by atoms with E-state index in [2.05, 4.69) is 15.3 Å². The second-order valence-electron chi connectivity index (χ2n) is 6.92. The van der Waals surface area contributed by atoms with Crippen LogP contribution in [-0.2, 0) is 23.0 Å². The predicted molar refractivity (Wildman–Crippen MR) is 112 cm³/mol. The van der Waals surface area contributed by atoms with Crippen LogP contribution in [0.3, 0.4) is 0 Å². The molecule has 1 aromatic carbocycles. The van der Waals surface area contributed by atoms with E-state index in [4.69, 9.17) is 0 Å². The van der Waals surface area contributed by atoms with Crippen LogP contribution >= 0.6 is 11.3 Å². The largest absolute Gasteiger partial charge is 0.296 e. The number of anilines is 1. The Hall–Kier alpha value is -2.62. The van der Waals surface area contributed by atoms with Crippen LogP contribution in [0.2, 0.25) is 0 Å². The number of sulfonamides is 1. The maximum absolute atomic E-state index is 13.1. The first-order chi connectivity index (χ1) is 13.8. The van der Waals surface area contributed by atoms with Crippen molar-refractivity contribution in [3.63, 3.8) is 0 Å². The van der Waals surface area contributed by atoms with Crippen molar-refractivity contribution >= 4 is 32.4 Å². The van der Waals surface area contributed by atoms with Crippen LogP contribution in [0, 0.1) is 13.8 Å². The van der Waals surface area contributed by atoms with E-state index in [1.54, 1.807) is 30.5 Å². The van der Waals surface area contributed by atoms with E-state index in [0.29, 0.717) is 28.7 Å². The topological polar surface area (TPSA) is 92.3 Å². The molecule has 150 valence electrons. The third kappa shape index (κ3) is 3.93. The molecule has 0 bridgehead atoms. The van der Waals surface area contributed by atoms with Gasteiger partial charge in [-0.2, -0.15) is 4.31 Å². The van der Waals surface area contributed by atoms with Crippen LogP contribution in [0.4, 0.5) is 5.13 Å². The molecular weight excluding hydrogens is 408 g/mol. The third-order valence-electron chi connectivity index (χ3n) is 4.76. The van der Waals surface area contributed by atoms with Crippen LogP contribution < -0.4 is 5.32 Å². The van der Waals surface area contributed by atoms with Gasteiger partial charge in [0.15, 0.2) is 5.13 Å². The van der Waals surface area contributed by atoms with E-state index in [0.717, 1.165) is 21.7 Å². The molecule has 7 nitrogen and oxygen atoms in total. The van der Waals surface area contributed by atoms with E-state index in [-0.39, 0.29) is 12.5 Å². The van der Waals surface area contributed by atoms with E-state index in [1.165, 1.54) is 15.6 Å². The molecule has 2 aromatic heterocycles. The highest BCUT2D eigenvalue weighted by atomic mass is 32.2. The van der Waals surface area contributed by atoms with Crippen LogP contribution in [0.15, 0.2) is 47.5 Å². The summed E-state index contributed by atoms with van der Waals surface area (Å²) < 4.78 is 27.7. The van der Waals surface area contributed by atoms with E-state index in [1.807, 2.05) is 26.0 Å². The molecule has 0 saturated carbocycles. The second-order valence-corrected chi connectivity index (χ2v) is 9.91. The van der Waals surface area contributed by atoms with Crippen LogP contribution in [-0.4, -0.2) is 35.1 Å². The van der Waals surface area contributed by atoms with Crippen molar-refractivity contribution in [2.45, 2.75) is 31.7 Å². The summed E-state index contributed by atoms with van der Waals surface area (Å²) in [5.41, 5.74) is 2.90. The summed E-state index contributed by atoms with van der Waals surface area (Å²) in [5, 5.41) is 3.21. The highest BCUT2D eigenvalue weighted by molar-refractivity contribution is 7.89. The van der Waals surface area contributed by atoms with Crippen molar-refractivity contribution in [2.75, 3.05) is 11.9 Å². The zero-order valence-electron chi connectivity index (χ0n) is 16.0. The average Bonchev–Trinajstić information content (AvgIpc) is 3.09. The Bertz CT molecular complexity index is 1170. The normalized spacial score (nSPS) is 14.4. The minimum absolute atomic E-state index is 0.252. The minimum atomic E-state index is -3.59. The number of nitrogens with one attached hydrogen (secondary N) is 1. The van der Waals surface area contributed by atoms with E-state index < -0.39 is 10.0 Å². The van der Waals surface area contributed by atoms with Gasteiger partial charge in [0, 0.05) is 24.0 Å². The van der Waals surface area contributed by atoms with Crippen molar-refractivity contribution in [3.05, 3.63) is 70.0 Å². The summed E-state index contributed by atoms with van der Waals surface area (Å²) in [6.07, 6.45) is 2.06. The maximum atomic E-state index is 13.1. The monoisotopic (exact) mass is 428 g/mol. The summed E-state index contributed by atoms with van der Waals surface area (Å²) in [7, 11) is -3.59. The third-order valence-corrected chi connectivity index (χ3v) is 7.77. The lowest BCUT2D eigenvalue weighted by molar-refractivity contribution is 0.102. The first-order valence-electron chi connectivity index (χ1n) is 9.13. The van der Waals surface area contributed by atoms with Crippen LogP contribution in [0.1, 0.15) is 32.2 Å². The van der Waals surface area contributed by atoms with Crippen molar-refractivity contribution in [1.82, 2.24) is 14.3 Å². The Morgan fingerprint density at radius 3 is 2.76 bits per heavy atom. The first-order valence-corrected chi connectivity index (χ1v) is 11.4. The number of carbonyl (C=O) groups is 1. The molecule has 0 spiro atoms. The molecule has 1 aliphatic rings. The van der Waals surface area contributed by atoms with E-state index >= 15 is 0 Å². The molecule has 3 aromatic rings. The number of benzene rings is 1. The van der Waals surface area contributed by atoms with Crippen molar-refractivity contribution in [2.24, 2.45) is 0 Å². The number of fused-ring (bicyclic) bond motifs is 1. The molecule has 4 rings (SSSR count). The highest BCUT2D eigenvalue weighted by Gasteiger charge is 2.31. The molecule has 0 saturated heterocycles. The fourth-order valence-corrected chi connectivity index (χ4v) is 6.03. The molecule has 9 heteroatoms. The number of hydrogen-bond acceptors (Lipinski definition) is 6. The van der Waals surface area contributed by atoms with Crippen molar-refractivity contribution in [3.8, 4) is 0 Å². The molecule has 29 heavy (non-hydrogen) atoms. The van der Waals surface area contributed by atoms with Crippen LogP contribution in [0.25, 0.3) is 0 Å². The van der Waals surface area contributed by atoms with Gasteiger partial charge in [0.2, 0.25) is 10.0 Å². The number of aryl methyl sites for hydroxylation is 2. The van der Waals surface area contributed by atoms with E-state index in [9.17, 15) is 13.2 Å². The fourth-order valence-electron chi connectivity index (χ4n) is 3.32. The molecule has 3 heterocycles. The quantitative estimate of drug-likeness (QED) is 0.689. The van der Waals surface area contributed by atoms with Gasteiger partial charge in [-0.25, -0.2) is 13.4 Å². The smallest absolute Gasteiger partial charge is 0.276 e. The lowest BCUT2D eigenvalue weighted by atomic mass is 10.2. The number of carbonyl (C=O) groups excluding carboxylic acids is 1. The molecule has 1 amide bonds. The molecular formula is C20H20N4O3S2. The Morgan fingerprint density at radius 1 is 1.21 bits per heavy atom. The van der Waals surface area contributed by atoms with Crippen LogP contribution in [0.5, 0.6) is 0 Å². The lowest BCUT2D eigenvalue weighted by Gasteiger charge is -2.26. The number of nitrogens with zero attached hydrogens (tertiary/aromatic N) is 3. The average molecular weight is 429 g/mol. The summed E-state index contributed by atoms with van der Waals surface area (Å²) >= 11 is 1.30. The Kier molecular flexibility index (Phi) is 5.20. The van der Waals surface area contributed by atoms with Gasteiger partial charge in [-0.15, -0.1) is 11.3 Å². The predicted octanol–water partition coefficient (Wildman–Crippen LogP) is 3.15. The number of hydrogen-bond donors (Lipinski definition) is 1. The molecule has 1 aliphatic heterocycles. The molecule has 1 N–H and O–H groups in total. The molecule has 0 unspecified atom stereocenters. The molecule has 0 atom stereocenters. The molecule has 0 fully saturated rings. The number of aromatic nitrogens is 2. The fraction of sp³-hybridized carbons (Fsp3) is 0.250. The number of rotatable bonds is 4. The van der Waals surface area contributed by atoms with Gasteiger partial charge in [-0.1, -0.05) is 23.8 Å². The summed E-state index contributed by atoms with van der Waals surface area (Å²) in [4.78, 5) is 22.0. The second kappa shape index (κ2) is 7.66. The number of pyridine rings is 1. The maximum Gasteiger partial charge on any atom is 0.276 e. The zero-order chi connectivity index (χ0) is 20.6. The number of thiazole rings is 1. The Balaban J connectivity index is 1.54. The standard InChI is InChI=1S/C20H20N4O3S2/c1-13-6-7-18(14(2)11-13)29(26,27)24-10-8-15-17(12-24)28-20(22-15)23-19(25)16-5-3-4-9-21-16/h3-7,9,11H,8,10,12H2,1-2H3,(H,22,23,25). The van der Waals surface area contributed by atoms with Gasteiger partial charge in [0.1, 0.15) is 5.69 Å². The van der Waals surface area contributed by atoms with Gasteiger partial charge in [-0.05, 0) is 37.6 Å². The van der Waals surface area contributed by atoms with Crippen molar-refractivity contribution < 1.29 is 13.2 Å². The van der Waals surface area contributed by atoms with Gasteiger partial charge < -0.3 is 0 Å².